The van der Waals surface area contributed by atoms with Crippen LogP contribution < -0.4 is 0 Å². The number of rotatable bonds is 0. The van der Waals surface area contributed by atoms with Crippen LogP contribution in [0.15, 0.2) is 0 Å². The zero-order chi connectivity index (χ0) is 14.3. The van der Waals surface area contributed by atoms with Crippen molar-refractivity contribution in [2.24, 2.45) is 10.8 Å². The summed E-state index contributed by atoms with van der Waals surface area (Å²) >= 11 is 14.5. The van der Waals surface area contributed by atoms with E-state index >= 15 is 0 Å². The third-order valence-electron chi connectivity index (χ3n) is 6.55. The van der Waals surface area contributed by atoms with Gasteiger partial charge in [-0.1, -0.05) is 45.7 Å². The Bertz CT molecular complexity index is 411. The molecule has 1 aliphatic heterocycles. The lowest BCUT2D eigenvalue weighted by molar-refractivity contribution is -0.0547. The first kappa shape index (κ1) is 15.1. The lowest BCUT2D eigenvalue weighted by Crippen LogP contribution is -2.61. The quantitative estimate of drug-likeness (QED) is 0.389. The summed E-state index contributed by atoms with van der Waals surface area (Å²) in [6, 6.07) is 0. The van der Waals surface area contributed by atoms with Gasteiger partial charge in [-0.05, 0) is 44.9 Å². The number of fused-ring (bicyclic) bond motifs is 2. The molecule has 19 heavy (non-hydrogen) atoms. The minimum atomic E-state index is -0.124. The smallest absolute Gasteiger partial charge is 0.0982 e. The van der Waals surface area contributed by atoms with Crippen LogP contribution in [0.1, 0.15) is 53.4 Å². The van der Waals surface area contributed by atoms with Crippen LogP contribution in [0, 0.1) is 10.8 Å². The van der Waals surface area contributed by atoms with E-state index in [2.05, 4.69) is 59.6 Å². The van der Waals surface area contributed by atoms with E-state index in [9.17, 15) is 0 Å². The molecule has 0 bridgehead atoms. The highest BCUT2D eigenvalue weighted by atomic mass is 79.9. The van der Waals surface area contributed by atoms with Gasteiger partial charge in [-0.15, -0.1) is 11.6 Å². The van der Waals surface area contributed by atoms with Crippen molar-refractivity contribution in [2.75, 3.05) is 0 Å². The van der Waals surface area contributed by atoms with Crippen LogP contribution >= 0.6 is 43.5 Å². The summed E-state index contributed by atoms with van der Waals surface area (Å²) in [7, 11) is 0. The normalized spacial score (nSPS) is 59.8. The molecule has 2 aliphatic carbocycles. The summed E-state index contributed by atoms with van der Waals surface area (Å²) < 4.78 is 6.19. The summed E-state index contributed by atoms with van der Waals surface area (Å²) in [5.74, 6) is 0. The molecule has 3 aliphatic rings. The second-order valence-electron chi connectivity index (χ2n) is 7.67. The molecule has 110 valence electrons. The van der Waals surface area contributed by atoms with Gasteiger partial charge in [0.25, 0.3) is 0 Å². The SMILES string of the molecule is CC1(Cl)CC[C@@]2(CC1Br)C(C)(C)[C@H](Br)C[C@H]1O[C@]12C. The molecular formula is C15H23Br2ClO. The van der Waals surface area contributed by atoms with Gasteiger partial charge in [0.2, 0.25) is 0 Å². The summed E-state index contributed by atoms with van der Waals surface area (Å²) in [4.78, 5) is 0.760. The van der Waals surface area contributed by atoms with Crippen molar-refractivity contribution in [1.82, 2.24) is 0 Å². The molecule has 4 heteroatoms. The highest BCUT2D eigenvalue weighted by Crippen LogP contribution is 2.72. The summed E-state index contributed by atoms with van der Waals surface area (Å²) in [5.41, 5.74) is 0.508. The largest absolute Gasteiger partial charge is 0.366 e. The van der Waals surface area contributed by atoms with E-state index in [1.54, 1.807) is 0 Å². The number of alkyl halides is 3. The van der Waals surface area contributed by atoms with E-state index in [0.717, 1.165) is 25.7 Å². The number of epoxide rings is 1. The Morgan fingerprint density at radius 3 is 2.26 bits per heavy atom. The van der Waals surface area contributed by atoms with Crippen molar-refractivity contribution < 1.29 is 4.74 Å². The Balaban J connectivity index is 2.01. The molecule has 3 fully saturated rings. The Kier molecular flexibility index (Phi) is 3.30. The zero-order valence-electron chi connectivity index (χ0n) is 12.1. The highest BCUT2D eigenvalue weighted by molar-refractivity contribution is 9.09. The van der Waals surface area contributed by atoms with Gasteiger partial charge < -0.3 is 4.74 Å². The van der Waals surface area contributed by atoms with Crippen molar-refractivity contribution >= 4 is 43.5 Å². The molecule has 1 nitrogen and oxygen atoms in total. The van der Waals surface area contributed by atoms with E-state index in [-0.39, 0.29) is 21.3 Å². The molecule has 1 saturated heterocycles. The van der Waals surface area contributed by atoms with E-state index in [0.29, 0.717) is 15.8 Å². The highest BCUT2D eigenvalue weighted by Gasteiger charge is 2.75. The molecule has 0 N–H and O–H groups in total. The second-order valence-corrected chi connectivity index (χ2v) is 10.7. The minimum absolute atomic E-state index is 0.0557. The van der Waals surface area contributed by atoms with E-state index in [1.165, 1.54) is 0 Å². The van der Waals surface area contributed by atoms with Gasteiger partial charge in [0, 0.05) is 15.1 Å². The number of hydrogen-bond donors (Lipinski definition) is 0. The molecule has 2 saturated carbocycles. The number of ether oxygens (including phenoxy) is 1. The minimum Gasteiger partial charge on any atom is -0.366 e. The molecule has 6 atom stereocenters. The number of halogens is 3. The predicted molar refractivity (Wildman–Crippen MR) is 87.6 cm³/mol. The van der Waals surface area contributed by atoms with Crippen molar-refractivity contribution in [1.29, 1.82) is 0 Å². The van der Waals surface area contributed by atoms with Gasteiger partial charge in [-0.2, -0.15) is 0 Å². The first-order valence-corrected chi connectivity index (χ1v) is 9.43. The first-order valence-electron chi connectivity index (χ1n) is 7.22. The van der Waals surface area contributed by atoms with Gasteiger partial charge in [0.05, 0.1) is 16.6 Å². The van der Waals surface area contributed by atoms with Crippen LogP contribution in [-0.4, -0.2) is 26.2 Å². The van der Waals surface area contributed by atoms with Crippen LogP contribution in [0.5, 0.6) is 0 Å². The second kappa shape index (κ2) is 4.14. The summed E-state index contributed by atoms with van der Waals surface area (Å²) in [5, 5.41) is 0. The Morgan fingerprint density at radius 1 is 1.05 bits per heavy atom. The van der Waals surface area contributed by atoms with E-state index in [4.69, 9.17) is 16.3 Å². The van der Waals surface area contributed by atoms with Gasteiger partial charge in [0.15, 0.2) is 0 Å². The van der Waals surface area contributed by atoms with E-state index < -0.39 is 0 Å². The Hall–Kier alpha value is 1.21. The maximum absolute atomic E-state index is 6.66. The lowest BCUT2D eigenvalue weighted by atomic mass is 9.47. The molecule has 3 rings (SSSR count). The topological polar surface area (TPSA) is 12.5 Å². The monoisotopic (exact) mass is 412 g/mol. The van der Waals surface area contributed by atoms with Crippen molar-refractivity contribution in [3.8, 4) is 0 Å². The predicted octanol–water partition coefficient (Wildman–Crippen LogP) is 5.27. The summed E-state index contributed by atoms with van der Waals surface area (Å²) in [6.07, 6.45) is 4.89. The third-order valence-corrected chi connectivity index (χ3v) is 10.1. The average molecular weight is 415 g/mol. The molecule has 1 spiro atoms. The maximum Gasteiger partial charge on any atom is 0.0982 e. The third kappa shape index (κ3) is 1.80. The van der Waals surface area contributed by atoms with E-state index in [1.807, 2.05) is 0 Å². The van der Waals surface area contributed by atoms with Crippen molar-refractivity contribution in [3.05, 3.63) is 0 Å². The molecule has 0 aromatic rings. The zero-order valence-corrected chi connectivity index (χ0v) is 16.0. The number of hydrogen-bond acceptors (Lipinski definition) is 1. The Labute approximate surface area is 138 Å². The molecule has 1 heterocycles. The molecule has 2 unspecified atom stereocenters. The van der Waals surface area contributed by atoms with Crippen molar-refractivity contribution in [2.45, 2.75) is 79.6 Å². The molecule has 0 aromatic carbocycles. The van der Waals surface area contributed by atoms with Crippen LogP contribution in [-0.2, 0) is 4.74 Å². The molecule has 0 aromatic heterocycles. The van der Waals surface area contributed by atoms with Gasteiger partial charge >= 0.3 is 0 Å². The van der Waals surface area contributed by atoms with Gasteiger partial charge in [0.1, 0.15) is 0 Å². The average Bonchev–Trinajstić information content (AvgIpc) is 2.94. The van der Waals surface area contributed by atoms with Crippen LogP contribution in [0.4, 0.5) is 0 Å². The van der Waals surface area contributed by atoms with Crippen LogP contribution in [0.25, 0.3) is 0 Å². The molecule has 0 radical (unpaired) electrons. The maximum atomic E-state index is 6.66. The van der Waals surface area contributed by atoms with Crippen LogP contribution in [0.2, 0.25) is 0 Å². The fraction of sp³-hybridized carbons (Fsp3) is 1.00. The van der Waals surface area contributed by atoms with Crippen LogP contribution in [0.3, 0.4) is 0 Å². The Morgan fingerprint density at radius 2 is 1.68 bits per heavy atom. The first-order chi connectivity index (χ1) is 8.57. The fourth-order valence-corrected chi connectivity index (χ4v) is 6.38. The molecular weight excluding hydrogens is 391 g/mol. The summed E-state index contributed by atoms with van der Waals surface area (Å²) in [6.45, 7) is 9.31. The standard InChI is InChI=1S/C15H23Br2ClO/c1-12(2)9(16)7-11-14(4,19-11)15(12)6-5-13(3,18)10(17)8-15/h9-11H,5-8H2,1-4H3/t9-,10?,11-,13?,14-,15-/m1/s1. The van der Waals surface area contributed by atoms with Gasteiger partial charge in [-0.25, -0.2) is 0 Å². The lowest BCUT2D eigenvalue weighted by Gasteiger charge is -2.59. The molecule has 0 amide bonds. The fourth-order valence-electron chi connectivity index (χ4n) is 4.65. The van der Waals surface area contributed by atoms with Gasteiger partial charge in [-0.3, -0.25) is 0 Å². The van der Waals surface area contributed by atoms with Crippen molar-refractivity contribution in [3.63, 3.8) is 0 Å².